The van der Waals surface area contributed by atoms with Crippen molar-refractivity contribution in [3.8, 4) is 22.2 Å². The maximum atomic E-state index is 11.7. The zero-order valence-electron chi connectivity index (χ0n) is 11.5. The van der Waals surface area contributed by atoms with Crippen molar-refractivity contribution >= 4 is 17.1 Å². The molecule has 0 aliphatic heterocycles. The van der Waals surface area contributed by atoms with Gasteiger partial charge in [-0.05, 0) is 38.5 Å². The molecule has 0 aliphatic carbocycles. The summed E-state index contributed by atoms with van der Waals surface area (Å²) in [6.45, 7) is 5.44. The quantitative estimate of drug-likeness (QED) is 0.733. The molecular weight excluding hydrogens is 272 g/mol. The van der Waals surface area contributed by atoms with Gasteiger partial charge in [0.1, 0.15) is 0 Å². The minimum absolute atomic E-state index is 0.0731. The first-order chi connectivity index (χ1) is 9.58. The molecule has 3 heterocycles. The minimum Gasteiger partial charge on any atom is -0.462 e. The number of carbonyl (C=O) groups excluding carboxylic acids is 1. The third kappa shape index (κ3) is 2.00. The van der Waals surface area contributed by atoms with E-state index in [0.29, 0.717) is 0 Å². The monoisotopic (exact) mass is 286 g/mol. The van der Waals surface area contributed by atoms with Crippen LogP contribution in [0.2, 0.25) is 0 Å². The van der Waals surface area contributed by atoms with Gasteiger partial charge in [-0.25, -0.2) is 4.98 Å². The maximum absolute atomic E-state index is 11.7. The number of aromatic amines is 1. The van der Waals surface area contributed by atoms with Crippen LogP contribution in [0.25, 0.3) is 22.2 Å². The average molecular weight is 286 g/mol. The lowest BCUT2D eigenvalue weighted by molar-refractivity contribution is 0.101. The van der Waals surface area contributed by atoms with E-state index in [1.165, 1.54) is 11.3 Å². The third-order valence-electron chi connectivity index (χ3n) is 3.28. The Balaban J connectivity index is 2.06. The molecule has 0 saturated heterocycles. The van der Waals surface area contributed by atoms with Gasteiger partial charge in [-0.15, -0.1) is 11.3 Å². The van der Waals surface area contributed by atoms with Crippen LogP contribution < -0.4 is 0 Å². The van der Waals surface area contributed by atoms with Gasteiger partial charge in [-0.3, -0.25) is 4.79 Å². The van der Waals surface area contributed by atoms with Gasteiger partial charge in [-0.1, -0.05) is 0 Å². The van der Waals surface area contributed by atoms with Gasteiger partial charge >= 0.3 is 0 Å². The zero-order chi connectivity index (χ0) is 14.3. The topological polar surface area (TPSA) is 58.9 Å². The average Bonchev–Trinajstić information content (AvgIpc) is 3.08. The van der Waals surface area contributed by atoms with Gasteiger partial charge in [0.2, 0.25) is 0 Å². The molecule has 0 spiro atoms. The summed E-state index contributed by atoms with van der Waals surface area (Å²) >= 11 is 1.52. The summed E-state index contributed by atoms with van der Waals surface area (Å²) < 4.78 is 5.35. The van der Waals surface area contributed by atoms with Crippen molar-refractivity contribution < 1.29 is 9.21 Å². The fraction of sp³-hybridized carbons (Fsp3) is 0.200. The van der Waals surface area contributed by atoms with Gasteiger partial charge in [-0.2, -0.15) is 0 Å². The van der Waals surface area contributed by atoms with Gasteiger partial charge in [0.05, 0.1) is 17.7 Å². The fourth-order valence-electron chi connectivity index (χ4n) is 2.44. The number of ketones is 1. The number of aryl methyl sites for hydroxylation is 1. The Morgan fingerprint density at radius 1 is 1.40 bits per heavy atom. The van der Waals surface area contributed by atoms with Crippen LogP contribution in [0.3, 0.4) is 0 Å². The second-order valence-corrected chi connectivity index (χ2v) is 5.55. The van der Waals surface area contributed by atoms with Crippen molar-refractivity contribution in [3.05, 3.63) is 40.6 Å². The minimum atomic E-state index is 0.0731. The summed E-state index contributed by atoms with van der Waals surface area (Å²) in [4.78, 5) is 19.5. The van der Waals surface area contributed by atoms with Crippen molar-refractivity contribution in [2.75, 3.05) is 0 Å². The molecule has 0 bridgehead atoms. The molecule has 0 saturated carbocycles. The highest BCUT2D eigenvalue weighted by molar-refractivity contribution is 7.13. The van der Waals surface area contributed by atoms with E-state index >= 15 is 0 Å². The van der Waals surface area contributed by atoms with Crippen molar-refractivity contribution in [1.29, 1.82) is 0 Å². The third-order valence-corrected chi connectivity index (χ3v) is 4.14. The van der Waals surface area contributed by atoms with Gasteiger partial charge in [0.15, 0.2) is 16.6 Å². The molecule has 102 valence electrons. The van der Waals surface area contributed by atoms with Crippen LogP contribution in [0.4, 0.5) is 0 Å². The molecule has 3 aromatic heterocycles. The second-order valence-electron chi connectivity index (χ2n) is 4.70. The van der Waals surface area contributed by atoms with E-state index in [1.54, 1.807) is 13.2 Å². The molecule has 0 atom stereocenters. The summed E-state index contributed by atoms with van der Waals surface area (Å²) in [5.74, 6) is 0.831. The number of H-pyrrole nitrogens is 1. The number of carbonyl (C=O) groups is 1. The number of Topliss-reactive ketones (excluding diaryl/α,β-unsaturated/α-hetero) is 1. The number of thiazole rings is 1. The number of rotatable bonds is 3. The Labute approximate surface area is 120 Å². The highest BCUT2D eigenvalue weighted by Gasteiger charge is 2.18. The zero-order valence-corrected chi connectivity index (χ0v) is 12.3. The fourth-order valence-corrected chi connectivity index (χ4v) is 3.21. The summed E-state index contributed by atoms with van der Waals surface area (Å²) in [5.41, 5.74) is 4.34. The van der Waals surface area contributed by atoms with Gasteiger partial charge in [0.25, 0.3) is 0 Å². The maximum Gasteiger partial charge on any atom is 0.162 e. The smallest absolute Gasteiger partial charge is 0.162 e. The highest BCUT2D eigenvalue weighted by atomic mass is 32.1. The van der Waals surface area contributed by atoms with Crippen molar-refractivity contribution in [2.45, 2.75) is 20.8 Å². The van der Waals surface area contributed by atoms with E-state index in [2.05, 4.69) is 9.97 Å². The normalized spacial score (nSPS) is 10.9. The van der Waals surface area contributed by atoms with E-state index in [1.807, 2.05) is 31.4 Å². The summed E-state index contributed by atoms with van der Waals surface area (Å²) in [5, 5.41) is 2.81. The lowest BCUT2D eigenvalue weighted by Crippen LogP contribution is -1.94. The van der Waals surface area contributed by atoms with Gasteiger partial charge in [0, 0.05) is 16.6 Å². The first-order valence-electron chi connectivity index (χ1n) is 6.28. The number of hydrogen-bond donors (Lipinski definition) is 1. The highest BCUT2D eigenvalue weighted by Crippen LogP contribution is 2.32. The van der Waals surface area contributed by atoms with Crippen LogP contribution in [0.1, 0.15) is 28.5 Å². The van der Waals surface area contributed by atoms with E-state index in [9.17, 15) is 4.79 Å². The number of nitrogens with one attached hydrogen (secondary N) is 1. The molecule has 20 heavy (non-hydrogen) atoms. The molecule has 4 nitrogen and oxygen atoms in total. The number of hydrogen-bond acceptors (Lipinski definition) is 4. The Morgan fingerprint density at radius 2 is 2.20 bits per heavy atom. The van der Waals surface area contributed by atoms with E-state index < -0.39 is 0 Å². The second kappa shape index (κ2) is 4.76. The van der Waals surface area contributed by atoms with E-state index in [4.69, 9.17) is 4.42 Å². The largest absolute Gasteiger partial charge is 0.462 e. The molecule has 5 heteroatoms. The molecule has 3 rings (SSSR count). The van der Waals surface area contributed by atoms with Crippen molar-refractivity contribution in [3.63, 3.8) is 0 Å². The Kier molecular flexibility index (Phi) is 3.06. The SMILES string of the molecule is CC(=O)c1c(C)[nH]c(-c2csc(-c3ccco3)n2)c1C. The van der Waals surface area contributed by atoms with E-state index in [0.717, 1.165) is 39.0 Å². The van der Waals surface area contributed by atoms with Crippen LogP contribution in [-0.4, -0.2) is 15.8 Å². The first kappa shape index (κ1) is 12.9. The first-order valence-corrected chi connectivity index (χ1v) is 7.15. The Morgan fingerprint density at radius 3 is 2.80 bits per heavy atom. The predicted molar refractivity (Wildman–Crippen MR) is 79.1 cm³/mol. The van der Waals surface area contributed by atoms with Crippen LogP contribution in [0.5, 0.6) is 0 Å². The lowest BCUT2D eigenvalue weighted by atomic mass is 10.1. The number of furan rings is 1. The van der Waals surface area contributed by atoms with Crippen LogP contribution in [0, 0.1) is 13.8 Å². The van der Waals surface area contributed by atoms with Crippen LogP contribution in [-0.2, 0) is 0 Å². The molecule has 0 fully saturated rings. The van der Waals surface area contributed by atoms with Crippen molar-refractivity contribution in [2.24, 2.45) is 0 Å². The Bertz CT molecular complexity index is 766. The number of nitrogens with zero attached hydrogens (tertiary/aromatic N) is 1. The molecule has 0 aromatic carbocycles. The van der Waals surface area contributed by atoms with E-state index in [-0.39, 0.29) is 5.78 Å². The molecule has 0 unspecified atom stereocenters. The van der Waals surface area contributed by atoms with Crippen molar-refractivity contribution in [1.82, 2.24) is 9.97 Å². The van der Waals surface area contributed by atoms with Crippen LogP contribution in [0.15, 0.2) is 28.2 Å². The molecule has 0 amide bonds. The summed E-state index contributed by atoms with van der Waals surface area (Å²) in [6, 6.07) is 3.73. The molecule has 1 N–H and O–H groups in total. The van der Waals surface area contributed by atoms with Gasteiger partial charge < -0.3 is 9.40 Å². The Hall–Kier alpha value is -2.14. The molecule has 0 radical (unpaired) electrons. The number of aromatic nitrogens is 2. The molecular formula is C15H14N2O2S. The summed E-state index contributed by atoms with van der Waals surface area (Å²) in [7, 11) is 0. The standard InChI is InChI=1S/C15H14N2O2S/c1-8-13(10(3)18)9(2)16-14(8)11-7-20-15(17-11)12-5-4-6-19-12/h4-7,16H,1-3H3. The predicted octanol–water partition coefficient (Wildman–Crippen LogP) is 4.22. The molecule has 3 aromatic rings. The molecule has 0 aliphatic rings. The van der Waals surface area contributed by atoms with Crippen LogP contribution >= 0.6 is 11.3 Å². The summed E-state index contributed by atoms with van der Waals surface area (Å²) in [6.07, 6.45) is 1.63. The lowest BCUT2D eigenvalue weighted by Gasteiger charge is -1.96.